The van der Waals surface area contributed by atoms with Crippen LogP contribution in [0.4, 0.5) is 4.79 Å². The summed E-state index contributed by atoms with van der Waals surface area (Å²) in [5.74, 6) is 0. The van der Waals surface area contributed by atoms with Crippen molar-refractivity contribution in [3.05, 3.63) is 16.5 Å². The second kappa shape index (κ2) is 5.01. The Kier molecular flexibility index (Phi) is 3.83. The zero-order chi connectivity index (χ0) is 15.1. The quantitative estimate of drug-likeness (QED) is 0.832. The predicted molar refractivity (Wildman–Crippen MR) is 78.0 cm³/mol. The van der Waals surface area contributed by atoms with E-state index in [4.69, 9.17) is 14.7 Å². The highest BCUT2D eigenvalue weighted by atomic mass is 32.2. The molecule has 0 saturated heterocycles. The molecule has 0 radical (unpaired) electrons. The maximum absolute atomic E-state index is 12.0. The summed E-state index contributed by atoms with van der Waals surface area (Å²) in [4.78, 5) is 14.7. The van der Waals surface area contributed by atoms with E-state index >= 15 is 0 Å². The van der Waals surface area contributed by atoms with E-state index in [1.165, 1.54) is 11.3 Å². The number of nitrogens with two attached hydrogens (primary N) is 1. The molecule has 6 nitrogen and oxygen atoms in total. The number of ether oxygens (including phenoxy) is 1. The van der Waals surface area contributed by atoms with Crippen LogP contribution in [0.2, 0.25) is 0 Å². The average Bonchev–Trinajstić information content (AvgIpc) is 2.68. The van der Waals surface area contributed by atoms with Crippen molar-refractivity contribution in [2.75, 3.05) is 6.54 Å². The molecule has 0 aromatic carbocycles. The maximum Gasteiger partial charge on any atom is 0.410 e. The van der Waals surface area contributed by atoms with Crippen molar-refractivity contribution in [1.82, 2.24) is 4.90 Å². The minimum Gasteiger partial charge on any atom is -0.444 e. The van der Waals surface area contributed by atoms with Crippen molar-refractivity contribution in [2.45, 2.75) is 43.5 Å². The van der Waals surface area contributed by atoms with Crippen LogP contribution in [0.3, 0.4) is 0 Å². The van der Waals surface area contributed by atoms with Gasteiger partial charge in [0, 0.05) is 11.4 Å². The molecule has 1 aliphatic heterocycles. The molecule has 3 N–H and O–H groups in total. The molecule has 20 heavy (non-hydrogen) atoms. The van der Waals surface area contributed by atoms with Gasteiger partial charge in [0.05, 0.1) is 6.54 Å². The molecule has 0 saturated carbocycles. The highest BCUT2D eigenvalue weighted by Crippen LogP contribution is 2.31. The third kappa shape index (κ3) is 3.50. The molecule has 1 aromatic heterocycles. The van der Waals surface area contributed by atoms with E-state index in [0.29, 0.717) is 23.7 Å². The largest absolute Gasteiger partial charge is 0.444 e. The van der Waals surface area contributed by atoms with Gasteiger partial charge in [0.15, 0.2) is 0 Å². The Labute approximate surface area is 123 Å². The smallest absolute Gasteiger partial charge is 0.410 e. The third-order valence-corrected chi connectivity index (χ3v) is 5.53. The van der Waals surface area contributed by atoms with E-state index in [1.807, 2.05) is 20.8 Å². The number of fused-ring (bicyclic) bond motifs is 1. The van der Waals surface area contributed by atoms with E-state index < -0.39 is 15.5 Å². The molecule has 0 aliphatic carbocycles. The van der Waals surface area contributed by atoms with E-state index in [2.05, 4.69) is 0 Å². The minimum atomic E-state index is -3.18. The lowest BCUT2D eigenvalue weighted by Gasteiger charge is -2.29. The molecule has 0 bridgehead atoms. The minimum absolute atomic E-state index is 0.352. The van der Waals surface area contributed by atoms with Gasteiger partial charge in [-0.1, -0.05) is 0 Å². The highest BCUT2D eigenvalue weighted by molar-refractivity contribution is 7.92. The number of carbonyl (C=O) groups is 1. The molecule has 1 amide bonds. The fourth-order valence-corrected chi connectivity index (χ4v) is 3.94. The van der Waals surface area contributed by atoms with Gasteiger partial charge in [0.2, 0.25) is 0 Å². The SMILES string of the molecule is CC(C)(C)OC(=O)N1CCc2sc(S(=N)(N)=O)cc2C1. The Balaban J connectivity index is 2.15. The monoisotopic (exact) mass is 317 g/mol. The summed E-state index contributed by atoms with van der Waals surface area (Å²) < 4.78 is 24.7. The molecule has 1 unspecified atom stereocenters. The van der Waals surface area contributed by atoms with Gasteiger partial charge < -0.3 is 9.64 Å². The summed E-state index contributed by atoms with van der Waals surface area (Å²) in [7, 11) is -3.18. The molecule has 1 aromatic rings. The van der Waals surface area contributed by atoms with Crippen molar-refractivity contribution < 1.29 is 13.7 Å². The Morgan fingerprint density at radius 2 is 2.20 bits per heavy atom. The van der Waals surface area contributed by atoms with E-state index in [0.717, 1.165) is 10.4 Å². The Bertz CT molecular complexity index is 629. The topological polar surface area (TPSA) is 96.5 Å². The fraction of sp³-hybridized carbons (Fsp3) is 0.583. The number of hydrogen-bond acceptors (Lipinski definition) is 5. The maximum atomic E-state index is 12.0. The first-order chi connectivity index (χ1) is 9.06. The van der Waals surface area contributed by atoms with E-state index in [9.17, 15) is 9.00 Å². The second-order valence-electron chi connectivity index (χ2n) is 5.77. The van der Waals surface area contributed by atoms with Crippen LogP contribution in [0.5, 0.6) is 0 Å². The van der Waals surface area contributed by atoms with Crippen LogP contribution < -0.4 is 5.14 Å². The van der Waals surface area contributed by atoms with E-state index in [1.54, 1.807) is 11.0 Å². The van der Waals surface area contributed by atoms with Gasteiger partial charge in [-0.3, -0.25) is 0 Å². The molecule has 0 spiro atoms. The molecule has 1 aliphatic rings. The lowest BCUT2D eigenvalue weighted by molar-refractivity contribution is 0.0225. The molecule has 112 valence electrons. The Morgan fingerprint density at radius 3 is 2.75 bits per heavy atom. The van der Waals surface area contributed by atoms with Gasteiger partial charge in [-0.2, -0.15) is 0 Å². The number of nitrogens with zero attached hydrogens (tertiary/aromatic N) is 1. The summed E-state index contributed by atoms with van der Waals surface area (Å²) in [6, 6.07) is 1.67. The van der Waals surface area contributed by atoms with Crippen molar-refractivity contribution in [2.24, 2.45) is 5.14 Å². The molecule has 2 rings (SSSR count). The van der Waals surface area contributed by atoms with Crippen molar-refractivity contribution in [3.63, 3.8) is 0 Å². The van der Waals surface area contributed by atoms with Crippen LogP contribution in [0, 0.1) is 4.78 Å². The van der Waals surface area contributed by atoms with E-state index in [-0.39, 0.29) is 6.09 Å². The first kappa shape index (κ1) is 15.3. The van der Waals surface area contributed by atoms with Crippen LogP contribution in [-0.2, 0) is 27.6 Å². The standard InChI is InChI=1S/C12H19N3O3S2/c1-12(2,3)18-11(16)15-5-4-9-8(7-15)6-10(19-9)20(13,14)17/h6H,4-5,7H2,1-3H3,(H3,13,14,17). The molecule has 2 heterocycles. The number of thiophene rings is 1. The molecule has 8 heteroatoms. The predicted octanol–water partition coefficient (Wildman–Crippen LogP) is 2.32. The lowest BCUT2D eigenvalue weighted by atomic mass is 10.1. The first-order valence-electron chi connectivity index (χ1n) is 6.22. The zero-order valence-electron chi connectivity index (χ0n) is 11.8. The summed E-state index contributed by atoms with van der Waals surface area (Å²) in [6.45, 7) is 6.45. The molecule has 0 fully saturated rings. The van der Waals surface area contributed by atoms with Gasteiger partial charge in [0.25, 0.3) is 0 Å². The summed E-state index contributed by atoms with van der Waals surface area (Å²) in [5.41, 5.74) is 0.386. The average molecular weight is 317 g/mol. The zero-order valence-corrected chi connectivity index (χ0v) is 13.4. The van der Waals surface area contributed by atoms with Gasteiger partial charge >= 0.3 is 6.09 Å². The Hall–Kier alpha value is -1.12. The Morgan fingerprint density at radius 1 is 1.55 bits per heavy atom. The summed E-state index contributed by atoms with van der Waals surface area (Å²) in [5, 5.41) is 5.35. The second-order valence-corrected chi connectivity index (χ2v) is 8.80. The highest BCUT2D eigenvalue weighted by Gasteiger charge is 2.27. The van der Waals surface area contributed by atoms with Crippen molar-refractivity contribution in [1.29, 1.82) is 4.78 Å². The van der Waals surface area contributed by atoms with Crippen LogP contribution >= 0.6 is 11.3 Å². The van der Waals surface area contributed by atoms with Crippen LogP contribution in [0.25, 0.3) is 0 Å². The molecule has 1 atom stereocenters. The normalized spacial score (nSPS) is 18.3. The number of amides is 1. The van der Waals surface area contributed by atoms with Gasteiger partial charge in [0.1, 0.15) is 19.7 Å². The fourth-order valence-electron chi connectivity index (χ4n) is 1.94. The van der Waals surface area contributed by atoms with Crippen LogP contribution in [0.15, 0.2) is 10.3 Å². The van der Waals surface area contributed by atoms with Gasteiger partial charge in [-0.25, -0.2) is 18.9 Å². The third-order valence-electron chi connectivity index (χ3n) is 2.79. The summed E-state index contributed by atoms with van der Waals surface area (Å²) in [6.07, 6.45) is 0.324. The van der Waals surface area contributed by atoms with Gasteiger partial charge in [-0.05, 0) is 38.8 Å². The van der Waals surface area contributed by atoms with Crippen molar-refractivity contribution >= 4 is 27.3 Å². The molecular weight excluding hydrogens is 298 g/mol. The molecular formula is C12H19N3O3S2. The lowest BCUT2D eigenvalue weighted by Crippen LogP contribution is -2.39. The summed E-state index contributed by atoms with van der Waals surface area (Å²) >= 11 is 1.30. The first-order valence-corrected chi connectivity index (χ1v) is 8.66. The van der Waals surface area contributed by atoms with Crippen LogP contribution in [-0.4, -0.2) is 27.3 Å². The number of carbonyl (C=O) groups excluding carboxylic acids is 1. The van der Waals surface area contributed by atoms with Crippen molar-refractivity contribution in [3.8, 4) is 0 Å². The number of rotatable bonds is 1. The van der Waals surface area contributed by atoms with Crippen LogP contribution in [0.1, 0.15) is 31.2 Å². The van der Waals surface area contributed by atoms with Gasteiger partial charge in [-0.15, -0.1) is 11.3 Å². The number of nitrogens with one attached hydrogen (secondary N) is 1. The number of hydrogen-bond donors (Lipinski definition) is 2.